The van der Waals surface area contributed by atoms with Gasteiger partial charge >= 0.3 is 6.09 Å². The predicted molar refractivity (Wildman–Crippen MR) is 108 cm³/mol. The van der Waals surface area contributed by atoms with Crippen molar-refractivity contribution >= 4 is 39.5 Å². The van der Waals surface area contributed by atoms with Crippen LogP contribution in [0.5, 0.6) is 0 Å². The number of ether oxygens (including phenoxy) is 1. The summed E-state index contributed by atoms with van der Waals surface area (Å²) in [4.78, 5) is 38.2. The number of benzene rings is 2. The van der Waals surface area contributed by atoms with Gasteiger partial charge in [-0.3, -0.25) is 14.5 Å². The number of nitrogens with two attached hydrogens (primary N) is 1. The minimum Gasteiger partial charge on any atom is -0.445 e. The third-order valence-electron chi connectivity index (χ3n) is 4.50. The van der Waals surface area contributed by atoms with Gasteiger partial charge in [-0.15, -0.1) is 0 Å². The van der Waals surface area contributed by atoms with Crippen molar-refractivity contribution in [3.05, 3.63) is 64.1 Å². The summed E-state index contributed by atoms with van der Waals surface area (Å²) in [5.74, 6) is -1.02. The normalized spacial score (nSPS) is 15.9. The van der Waals surface area contributed by atoms with Crippen LogP contribution in [0.2, 0.25) is 0 Å². The molecule has 0 unspecified atom stereocenters. The smallest absolute Gasteiger partial charge is 0.410 e. The molecule has 1 fully saturated rings. The monoisotopic (exact) mass is 445 g/mol. The molecule has 28 heavy (non-hydrogen) atoms. The summed E-state index contributed by atoms with van der Waals surface area (Å²) in [5, 5.41) is 2.71. The molecule has 0 aliphatic carbocycles. The lowest BCUT2D eigenvalue weighted by Crippen LogP contribution is -2.43. The zero-order valence-corrected chi connectivity index (χ0v) is 16.6. The fourth-order valence-electron chi connectivity index (χ4n) is 3.11. The van der Waals surface area contributed by atoms with E-state index in [9.17, 15) is 14.4 Å². The first kappa shape index (κ1) is 19.9. The second-order valence-corrected chi connectivity index (χ2v) is 7.35. The first-order valence-corrected chi connectivity index (χ1v) is 9.62. The summed E-state index contributed by atoms with van der Waals surface area (Å²) >= 11 is 3.31. The zero-order valence-electron chi connectivity index (χ0n) is 15.1. The van der Waals surface area contributed by atoms with Crippen molar-refractivity contribution in [2.24, 2.45) is 5.73 Å². The van der Waals surface area contributed by atoms with Crippen LogP contribution in [0.3, 0.4) is 0 Å². The van der Waals surface area contributed by atoms with Crippen molar-refractivity contribution in [1.82, 2.24) is 4.90 Å². The third kappa shape index (κ3) is 4.69. The molecule has 7 nitrogen and oxygen atoms in total. The maximum atomic E-state index is 12.8. The number of halogens is 1. The van der Waals surface area contributed by atoms with E-state index in [1.54, 1.807) is 12.1 Å². The summed E-state index contributed by atoms with van der Waals surface area (Å²) < 4.78 is 6.04. The number of nitrogens with zero attached hydrogens (tertiary/aromatic N) is 1. The second kappa shape index (κ2) is 8.88. The first-order valence-electron chi connectivity index (χ1n) is 8.83. The molecule has 0 aromatic heterocycles. The van der Waals surface area contributed by atoms with Crippen LogP contribution >= 0.6 is 15.9 Å². The molecule has 3 N–H and O–H groups in total. The Labute approximate surface area is 171 Å². The van der Waals surface area contributed by atoms with Crippen molar-refractivity contribution in [1.29, 1.82) is 0 Å². The van der Waals surface area contributed by atoms with Crippen LogP contribution in [0.4, 0.5) is 10.5 Å². The van der Waals surface area contributed by atoms with Gasteiger partial charge in [0.05, 0.1) is 11.3 Å². The maximum absolute atomic E-state index is 12.8. The van der Waals surface area contributed by atoms with E-state index >= 15 is 0 Å². The van der Waals surface area contributed by atoms with Gasteiger partial charge in [0.1, 0.15) is 12.6 Å². The molecular weight excluding hydrogens is 426 g/mol. The fourth-order valence-corrected chi connectivity index (χ4v) is 3.47. The predicted octanol–water partition coefficient (Wildman–Crippen LogP) is 3.29. The average molecular weight is 446 g/mol. The lowest BCUT2D eigenvalue weighted by atomic mass is 10.1. The highest BCUT2D eigenvalue weighted by atomic mass is 79.9. The van der Waals surface area contributed by atoms with E-state index in [0.29, 0.717) is 29.5 Å². The van der Waals surface area contributed by atoms with Crippen LogP contribution in [0.1, 0.15) is 28.8 Å². The number of carbonyl (C=O) groups is 3. The van der Waals surface area contributed by atoms with Gasteiger partial charge in [-0.25, -0.2) is 4.79 Å². The van der Waals surface area contributed by atoms with E-state index in [-0.39, 0.29) is 18.1 Å². The van der Waals surface area contributed by atoms with Crippen LogP contribution < -0.4 is 11.1 Å². The molecule has 2 aromatic rings. The van der Waals surface area contributed by atoms with E-state index in [0.717, 1.165) is 5.56 Å². The minimum absolute atomic E-state index is 0.141. The molecule has 0 saturated carbocycles. The largest absolute Gasteiger partial charge is 0.445 e. The minimum atomic E-state index is -0.664. The maximum Gasteiger partial charge on any atom is 0.410 e. The summed E-state index contributed by atoms with van der Waals surface area (Å²) in [6.45, 7) is 0.578. The van der Waals surface area contributed by atoms with E-state index in [1.807, 2.05) is 30.3 Å². The molecule has 0 radical (unpaired) electrons. The lowest BCUT2D eigenvalue weighted by molar-refractivity contribution is -0.120. The molecule has 1 atom stereocenters. The van der Waals surface area contributed by atoms with Gasteiger partial charge in [0.25, 0.3) is 5.91 Å². The van der Waals surface area contributed by atoms with Gasteiger partial charge in [0, 0.05) is 11.0 Å². The Balaban J connectivity index is 1.67. The molecule has 1 aliphatic rings. The van der Waals surface area contributed by atoms with Crippen molar-refractivity contribution < 1.29 is 19.1 Å². The first-order chi connectivity index (χ1) is 13.5. The Bertz CT molecular complexity index is 888. The van der Waals surface area contributed by atoms with Crippen LogP contribution in [0, 0.1) is 0 Å². The highest BCUT2D eigenvalue weighted by Gasteiger charge is 2.35. The number of nitrogens with one attached hydrogen (secondary N) is 1. The Hall–Kier alpha value is -2.87. The van der Waals surface area contributed by atoms with E-state index in [2.05, 4.69) is 21.2 Å². The second-order valence-electron chi connectivity index (χ2n) is 6.44. The molecule has 3 rings (SSSR count). The summed E-state index contributed by atoms with van der Waals surface area (Å²) in [5.41, 5.74) is 6.75. The van der Waals surface area contributed by atoms with Gasteiger partial charge in [0.2, 0.25) is 5.91 Å². The van der Waals surface area contributed by atoms with Gasteiger partial charge in [-0.2, -0.15) is 0 Å². The zero-order chi connectivity index (χ0) is 20.1. The topological polar surface area (TPSA) is 102 Å². The van der Waals surface area contributed by atoms with Crippen molar-refractivity contribution in [3.8, 4) is 0 Å². The van der Waals surface area contributed by atoms with Crippen molar-refractivity contribution in [3.63, 3.8) is 0 Å². The average Bonchev–Trinajstić information content (AvgIpc) is 3.17. The number of amides is 3. The molecule has 146 valence electrons. The molecule has 8 heteroatoms. The molecule has 0 bridgehead atoms. The molecular formula is C20H20BrN3O4. The van der Waals surface area contributed by atoms with Crippen LogP contribution in [-0.4, -0.2) is 35.4 Å². The van der Waals surface area contributed by atoms with Gasteiger partial charge in [-0.05, 0) is 36.6 Å². The third-order valence-corrected chi connectivity index (χ3v) is 4.99. The van der Waals surface area contributed by atoms with Crippen LogP contribution in [0.15, 0.2) is 53.0 Å². The lowest BCUT2D eigenvalue weighted by Gasteiger charge is -2.23. The Morgan fingerprint density at radius 2 is 1.93 bits per heavy atom. The van der Waals surface area contributed by atoms with Crippen LogP contribution in [0.25, 0.3) is 0 Å². The number of carbonyl (C=O) groups excluding carboxylic acids is 3. The van der Waals surface area contributed by atoms with Crippen molar-refractivity contribution in [2.75, 3.05) is 11.9 Å². The number of hydrogen-bond donors (Lipinski definition) is 2. The number of anilines is 1. The van der Waals surface area contributed by atoms with Gasteiger partial charge < -0.3 is 15.8 Å². The van der Waals surface area contributed by atoms with Gasteiger partial charge in [0.15, 0.2) is 0 Å². The summed E-state index contributed by atoms with van der Waals surface area (Å²) in [6.07, 6.45) is 0.678. The van der Waals surface area contributed by atoms with Crippen LogP contribution in [-0.2, 0) is 16.1 Å². The van der Waals surface area contributed by atoms with Crippen molar-refractivity contribution in [2.45, 2.75) is 25.5 Å². The Morgan fingerprint density at radius 1 is 1.18 bits per heavy atom. The molecule has 1 saturated heterocycles. The SMILES string of the molecule is NC(=O)c1ccc(Br)cc1NC(=O)[C@@H]1CCCN1C(=O)OCc1ccccc1. The van der Waals surface area contributed by atoms with Gasteiger partial charge in [-0.1, -0.05) is 46.3 Å². The quantitative estimate of drug-likeness (QED) is 0.736. The number of hydrogen-bond acceptors (Lipinski definition) is 4. The molecule has 0 spiro atoms. The summed E-state index contributed by atoms with van der Waals surface area (Å²) in [7, 11) is 0. The Kier molecular flexibility index (Phi) is 6.30. The standard InChI is InChI=1S/C20H20BrN3O4/c21-14-8-9-15(18(22)25)16(11-14)23-19(26)17-7-4-10-24(17)20(27)28-12-13-5-2-1-3-6-13/h1-3,5-6,8-9,11,17H,4,7,10,12H2,(H2,22,25)(H,23,26)/t17-/m0/s1. The summed E-state index contributed by atoms with van der Waals surface area (Å²) in [6, 6.07) is 13.5. The molecule has 2 aromatic carbocycles. The Morgan fingerprint density at radius 3 is 2.64 bits per heavy atom. The number of rotatable bonds is 5. The number of likely N-dealkylation sites (tertiary alicyclic amines) is 1. The highest BCUT2D eigenvalue weighted by molar-refractivity contribution is 9.10. The fraction of sp³-hybridized carbons (Fsp3) is 0.250. The highest BCUT2D eigenvalue weighted by Crippen LogP contribution is 2.24. The molecule has 1 heterocycles. The molecule has 3 amide bonds. The van der Waals surface area contributed by atoms with E-state index < -0.39 is 18.0 Å². The number of primary amides is 1. The van der Waals surface area contributed by atoms with E-state index in [1.165, 1.54) is 11.0 Å². The van der Waals surface area contributed by atoms with E-state index in [4.69, 9.17) is 10.5 Å². The molecule has 1 aliphatic heterocycles.